The summed E-state index contributed by atoms with van der Waals surface area (Å²) in [5, 5.41) is 10.4. The van der Waals surface area contributed by atoms with E-state index in [0.29, 0.717) is 0 Å². The Morgan fingerprint density at radius 2 is 2.18 bits per heavy atom. The zero-order chi connectivity index (χ0) is 8.43. The van der Waals surface area contributed by atoms with Gasteiger partial charge in [-0.1, -0.05) is 0 Å². The van der Waals surface area contributed by atoms with Gasteiger partial charge in [-0.25, -0.2) is 0 Å². The Morgan fingerprint density at radius 1 is 1.55 bits per heavy atom. The van der Waals surface area contributed by atoms with E-state index in [9.17, 15) is 13.6 Å². The molecule has 11 heavy (non-hydrogen) atoms. The van der Waals surface area contributed by atoms with Gasteiger partial charge in [0.05, 0.1) is 0 Å². The minimum absolute atomic E-state index is 0.162. The van der Waals surface area contributed by atoms with E-state index in [2.05, 4.69) is 0 Å². The van der Waals surface area contributed by atoms with Crippen LogP contribution in [-0.2, 0) is 10.3 Å². The van der Waals surface area contributed by atoms with Gasteiger partial charge in [0.2, 0.25) is 0 Å². The molecule has 0 spiro atoms. The van der Waals surface area contributed by atoms with Crippen molar-refractivity contribution in [1.82, 2.24) is 0 Å². The summed E-state index contributed by atoms with van der Waals surface area (Å²) in [5.41, 5.74) is 0.767. The third-order valence-electron chi connectivity index (χ3n) is 1.28. The molecular formula is C6H7NO3S. The Kier molecular flexibility index (Phi) is 2.23. The van der Waals surface area contributed by atoms with Crippen LogP contribution in [0.4, 0.5) is 0 Å². The second-order valence-electron chi connectivity index (χ2n) is 2.18. The molecule has 0 fully saturated rings. The number of hydrogen-bond donors (Lipinski definition) is 1. The molecule has 5 heteroatoms. The van der Waals surface area contributed by atoms with E-state index >= 15 is 0 Å². The molecule has 1 aliphatic heterocycles. The van der Waals surface area contributed by atoms with E-state index in [1.165, 1.54) is 12.3 Å². The molecule has 1 atom stereocenters. The summed E-state index contributed by atoms with van der Waals surface area (Å²) >= 11 is 0. The fraction of sp³-hybridized carbons (Fsp3) is 0.167. The first-order valence-corrected chi connectivity index (χ1v) is 4.05. The minimum atomic E-state index is -2.41. The maximum Gasteiger partial charge on any atom is 0.276 e. The molecule has 1 unspecified atom stereocenters. The highest BCUT2D eigenvalue weighted by atomic mass is 32.2. The number of hydrogen-bond acceptors (Lipinski definition) is 3. The van der Waals surface area contributed by atoms with Crippen LogP contribution in [0.3, 0.4) is 0 Å². The second-order valence-corrected chi connectivity index (χ2v) is 3.09. The second kappa shape index (κ2) is 3.00. The number of hydroxylamine groups is 2. The predicted molar refractivity (Wildman–Crippen MR) is 41.2 cm³/mol. The van der Waals surface area contributed by atoms with Gasteiger partial charge in [-0.2, -0.15) is 8.42 Å². The minimum Gasteiger partial charge on any atom is -0.623 e. The maximum atomic E-state index is 10.8. The average Bonchev–Trinajstić information content (AvgIpc) is 1.94. The number of nitrogens with one attached hydrogen (secondary N) is 1. The van der Waals surface area contributed by atoms with E-state index in [4.69, 9.17) is 0 Å². The average molecular weight is 173 g/mol. The van der Waals surface area contributed by atoms with Gasteiger partial charge in [0.25, 0.3) is 15.3 Å². The van der Waals surface area contributed by atoms with Crippen molar-refractivity contribution in [3.8, 4) is 0 Å². The van der Waals surface area contributed by atoms with Crippen LogP contribution in [0.1, 0.15) is 6.92 Å². The van der Waals surface area contributed by atoms with Crippen LogP contribution in [0.15, 0.2) is 23.9 Å². The number of rotatable bonds is 0. The predicted octanol–water partition coefficient (Wildman–Crippen LogP) is -1.15. The molecule has 0 saturated carbocycles. The van der Waals surface area contributed by atoms with Crippen LogP contribution in [0.5, 0.6) is 0 Å². The first-order chi connectivity index (χ1) is 5.11. The summed E-state index contributed by atoms with van der Waals surface area (Å²) in [4.78, 5) is -0.162. The quantitative estimate of drug-likeness (QED) is 0.372. The first-order valence-electron chi connectivity index (χ1n) is 2.98. The molecule has 1 heterocycles. The van der Waals surface area contributed by atoms with Gasteiger partial charge < -0.3 is 10.3 Å². The van der Waals surface area contributed by atoms with Crippen LogP contribution in [0.25, 0.3) is 0 Å². The highest BCUT2D eigenvalue weighted by Gasteiger charge is 2.09. The fourth-order valence-electron chi connectivity index (χ4n) is 0.746. The molecule has 60 valence electrons. The fourth-order valence-corrected chi connectivity index (χ4v) is 1.26. The van der Waals surface area contributed by atoms with Gasteiger partial charge in [-0.15, -0.1) is 0 Å². The van der Waals surface area contributed by atoms with Crippen molar-refractivity contribution < 1.29 is 13.5 Å². The lowest BCUT2D eigenvalue weighted by atomic mass is 10.2. The highest BCUT2D eigenvalue weighted by Crippen LogP contribution is 1.94. The molecule has 0 aromatic rings. The van der Waals surface area contributed by atoms with Crippen LogP contribution in [0.2, 0.25) is 0 Å². The third-order valence-corrected chi connectivity index (χ3v) is 1.96. The molecule has 0 amide bonds. The Bertz CT molecular complexity index is 342. The molecule has 1 rings (SSSR count). The van der Waals surface area contributed by atoms with Crippen molar-refractivity contribution in [2.24, 2.45) is 0 Å². The van der Waals surface area contributed by atoms with Crippen molar-refractivity contribution >= 4 is 15.3 Å². The molecule has 0 aliphatic carbocycles. The van der Waals surface area contributed by atoms with E-state index in [-0.39, 0.29) is 4.99 Å². The highest BCUT2D eigenvalue weighted by molar-refractivity contribution is 7.72. The Morgan fingerprint density at radius 3 is 2.64 bits per heavy atom. The number of quaternary nitrogens is 1. The van der Waals surface area contributed by atoms with Gasteiger partial charge in [0, 0.05) is 6.08 Å². The largest absolute Gasteiger partial charge is 0.623 e. The van der Waals surface area contributed by atoms with E-state index < -0.39 is 15.4 Å². The Hall–Kier alpha value is -0.910. The van der Waals surface area contributed by atoms with Gasteiger partial charge in [0.1, 0.15) is 6.20 Å². The number of allylic oxidation sites excluding steroid dienone is 2. The lowest BCUT2D eigenvalue weighted by Crippen LogP contribution is -3.05. The summed E-state index contributed by atoms with van der Waals surface area (Å²) in [6.45, 7) is 1.73. The molecular weight excluding hydrogens is 166 g/mol. The van der Waals surface area contributed by atoms with E-state index in [0.717, 1.165) is 5.57 Å². The summed E-state index contributed by atoms with van der Waals surface area (Å²) in [6, 6.07) is 0. The monoisotopic (exact) mass is 173 g/mol. The van der Waals surface area contributed by atoms with Crippen molar-refractivity contribution in [2.45, 2.75) is 6.92 Å². The normalized spacial score (nSPS) is 23.3. The lowest BCUT2D eigenvalue weighted by molar-refractivity contribution is -0.680. The molecule has 0 radical (unpaired) electrons. The summed E-state index contributed by atoms with van der Waals surface area (Å²) in [6.07, 6.45) is 4.19. The zero-order valence-corrected chi connectivity index (χ0v) is 6.68. The summed E-state index contributed by atoms with van der Waals surface area (Å²) in [5.74, 6) is 0. The molecule has 0 aromatic heterocycles. The lowest BCUT2D eigenvalue weighted by Gasteiger charge is -2.17. The molecule has 0 aromatic carbocycles. The van der Waals surface area contributed by atoms with Gasteiger partial charge in [-0.3, -0.25) is 0 Å². The smallest absolute Gasteiger partial charge is 0.276 e. The first kappa shape index (κ1) is 8.19. The third kappa shape index (κ3) is 1.76. The van der Waals surface area contributed by atoms with Gasteiger partial charge in [-0.05, 0) is 18.6 Å². The zero-order valence-electron chi connectivity index (χ0n) is 5.87. The van der Waals surface area contributed by atoms with Gasteiger partial charge >= 0.3 is 0 Å². The van der Waals surface area contributed by atoms with Crippen molar-refractivity contribution in [3.05, 3.63) is 29.1 Å². The Labute approximate surface area is 65.5 Å². The SMILES string of the molecule is CC1=CC(=S(=O)=O)[NH+]([O-])C=C1. The molecule has 0 bridgehead atoms. The van der Waals surface area contributed by atoms with Crippen LogP contribution < -0.4 is 5.06 Å². The summed E-state index contributed by atoms with van der Waals surface area (Å²) in [7, 11) is -2.41. The van der Waals surface area contributed by atoms with Crippen molar-refractivity contribution in [2.75, 3.05) is 0 Å². The maximum absolute atomic E-state index is 10.8. The van der Waals surface area contributed by atoms with Crippen LogP contribution in [0, 0.1) is 5.21 Å². The van der Waals surface area contributed by atoms with Crippen LogP contribution in [-0.4, -0.2) is 13.4 Å². The van der Waals surface area contributed by atoms with Crippen molar-refractivity contribution in [1.29, 1.82) is 0 Å². The summed E-state index contributed by atoms with van der Waals surface area (Å²) < 4.78 is 20.7. The van der Waals surface area contributed by atoms with E-state index in [1.807, 2.05) is 0 Å². The van der Waals surface area contributed by atoms with E-state index in [1.54, 1.807) is 13.0 Å². The molecule has 0 saturated heterocycles. The topological polar surface area (TPSA) is 61.6 Å². The van der Waals surface area contributed by atoms with Crippen LogP contribution >= 0.6 is 0 Å². The Balaban J connectivity index is 3.21. The molecule has 1 N–H and O–H groups in total. The standard InChI is InChI=1S/C6H7NO3S/c1-5-2-3-7(8)6(4-5)11(9)10/h2-4,7H,1H3. The van der Waals surface area contributed by atoms with Gasteiger partial charge in [0.15, 0.2) is 0 Å². The molecule has 4 nitrogen and oxygen atoms in total. The molecule has 1 aliphatic rings. The van der Waals surface area contributed by atoms with Crippen molar-refractivity contribution in [3.63, 3.8) is 0 Å².